The lowest BCUT2D eigenvalue weighted by Gasteiger charge is -2.35. The zero-order valence-corrected chi connectivity index (χ0v) is 13.2. The maximum atomic E-state index is 10.8. The molecule has 0 spiro atoms. The van der Waals surface area contributed by atoms with Crippen molar-refractivity contribution in [1.29, 1.82) is 0 Å². The van der Waals surface area contributed by atoms with Gasteiger partial charge in [-0.25, -0.2) is 4.79 Å². The average Bonchev–Trinajstić information content (AvgIpc) is 2.29. The van der Waals surface area contributed by atoms with Crippen molar-refractivity contribution in [2.24, 2.45) is 0 Å². The molecule has 0 bridgehead atoms. The van der Waals surface area contributed by atoms with Crippen LogP contribution in [-0.2, 0) is 18.6 Å². The lowest BCUT2D eigenvalue weighted by Crippen LogP contribution is -2.47. The highest BCUT2D eigenvalue weighted by atomic mass is 31.2. The fourth-order valence-corrected chi connectivity index (χ4v) is 1.95. The molecule has 0 radical (unpaired) electrons. The van der Waals surface area contributed by atoms with Gasteiger partial charge in [-0.3, -0.25) is 4.57 Å². The van der Waals surface area contributed by atoms with E-state index in [0.717, 1.165) is 12.5 Å². The summed E-state index contributed by atoms with van der Waals surface area (Å²) in [5, 5.41) is 0. The minimum absolute atomic E-state index is 0.0762. The van der Waals surface area contributed by atoms with E-state index >= 15 is 0 Å². The van der Waals surface area contributed by atoms with Crippen molar-refractivity contribution >= 4 is 13.8 Å². The maximum absolute atomic E-state index is 10.8. The number of carbonyl (C=O) groups excluding carboxylic acids is 1. The van der Waals surface area contributed by atoms with Gasteiger partial charge in [-0.2, -0.15) is 0 Å². The van der Waals surface area contributed by atoms with Crippen molar-refractivity contribution in [3.63, 3.8) is 0 Å². The molecule has 0 aliphatic rings. The lowest BCUT2D eigenvalue weighted by molar-refractivity contribution is -0.896. The van der Waals surface area contributed by atoms with Gasteiger partial charge >= 0.3 is 5.97 Å². The van der Waals surface area contributed by atoms with Gasteiger partial charge in [-0.05, 0) is 12.8 Å². The highest BCUT2D eigenvalue weighted by Crippen LogP contribution is 2.31. The van der Waals surface area contributed by atoms with Crippen LogP contribution < -0.4 is 4.89 Å². The van der Waals surface area contributed by atoms with Gasteiger partial charge in [0.15, 0.2) is 0 Å². The van der Waals surface area contributed by atoms with Gasteiger partial charge in [-0.1, -0.05) is 6.58 Å². The van der Waals surface area contributed by atoms with Crippen molar-refractivity contribution in [1.82, 2.24) is 0 Å². The van der Waals surface area contributed by atoms with E-state index in [4.69, 9.17) is 9.63 Å². The van der Waals surface area contributed by atoms with Crippen LogP contribution in [0.25, 0.3) is 0 Å². The summed E-state index contributed by atoms with van der Waals surface area (Å²) in [5.41, 5.74) is 0. The Morgan fingerprint density at radius 3 is 2.50 bits per heavy atom. The highest BCUT2D eigenvalue weighted by Gasteiger charge is 2.25. The Balaban J connectivity index is 4.09. The number of carbonyl (C=O) groups is 1. The van der Waals surface area contributed by atoms with Crippen molar-refractivity contribution in [2.75, 3.05) is 34.4 Å². The minimum atomic E-state index is -4.69. The Hall–Kier alpha value is -0.720. The third kappa shape index (κ3) is 10.1. The smallest absolute Gasteiger partial charge is 0.330 e. The first-order valence-corrected chi connectivity index (χ1v) is 7.84. The molecule has 8 heteroatoms. The second-order valence-electron chi connectivity index (χ2n) is 5.40. The second kappa shape index (κ2) is 8.54. The van der Waals surface area contributed by atoms with E-state index in [9.17, 15) is 14.3 Å². The van der Waals surface area contributed by atoms with Crippen LogP contribution in [0.3, 0.4) is 0 Å². The number of phosphoric ester groups is 1. The van der Waals surface area contributed by atoms with Crippen LogP contribution in [0.1, 0.15) is 19.3 Å². The molecule has 0 amide bonds. The molecule has 1 N–H and O–H groups in total. The molecule has 7 nitrogen and oxygen atoms in total. The van der Waals surface area contributed by atoms with Gasteiger partial charge in [-0.15, -0.1) is 0 Å². The quantitative estimate of drug-likeness (QED) is 0.207. The van der Waals surface area contributed by atoms with Gasteiger partial charge in [0.2, 0.25) is 0 Å². The monoisotopic (exact) mass is 309 g/mol. The fraction of sp³-hybridized carbons (Fsp3) is 0.750. The maximum Gasteiger partial charge on any atom is 0.330 e. The number of likely N-dealkylation sites (N-methyl/N-ethyl adjacent to an activating group) is 1. The molecule has 0 saturated carbocycles. The van der Waals surface area contributed by atoms with Crippen LogP contribution in [0.5, 0.6) is 0 Å². The molecule has 0 saturated heterocycles. The third-order valence-electron chi connectivity index (χ3n) is 2.87. The first-order chi connectivity index (χ1) is 9.06. The van der Waals surface area contributed by atoms with Gasteiger partial charge in [0.25, 0.3) is 7.82 Å². The summed E-state index contributed by atoms with van der Waals surface area (Å²) >= 11 is 0. The van der Waals surface area contributed by atoms with E-state index in [2.05, 4.69) is 11.1 Å². The van der Waals surface area contributed by atoms with Gasteiger partial charge in [0.1, 0.15) is 12.6 Å². The van der Waals surface area contributed by atoms with Crippen LogP contribution >= 0.6 is 7.82 Å². The predicted molar refractivity (Wildman–Crippen MR) is 72.6 cm³/mol. The van der Waals surface area contributed by atoms with Crippen molar-refractivity contribution in [2.45, 2.75) is 25.3 Å². The van der Waals surface area contributed by atoms with Crippen LogP contribution in [-0.4, -0.2) is 55.7 Å². The molecular formula is C12H24NO6P. The number of quaternary nitrogens is 1. The fourth-order valence-electron chi connectivity index (χ4n) is 1.59. The Morgan fingerprint density at radius 2 is 2.05 bits per heavy atom. The second-order valence-corrected chi connectivity index (χ2v) is 6.60. The molecule has 0 aliphatic heterocycles. The van der Waals surface area contributed by atoms with Gasteiger partial charge < -0.3 is 23.5 Å². The number of unbranched alkanes of at least 4 members (excludes halogenated alkanes) is 1. The molecule has 0 fully saturated rings. The number of hydrogen-bond donors (Lipinski definition) is 1. The number of hydrogen-bond acceptors (Lipinski definition) is 5. The highest BCUT2D eigenvalue weighted by molar-refractivity contribution is 7.44. The van der Waals surface area contributed by atoms with E-state index < -0.39 is 13.8 Å². The standard InChI is InChI=1S/C12H24NO6P/c1-5-12(14)18-9-7-6-8-11(13(2,3)4)10-19-20(15,16)17/h5,11H,1,6-10H2,2-4H3,(H-,15,16,17). The number of nitrogens with zero attached hydrogens (tertiary/aromatic N) is 1. The first-order valence-electron chi connectivity index (χ1n) is 6.35. The topological polar surface area (TPSA) is 95.9 Å². The third-order valence-corrected chi connectivity index (χ3v) is 3.34. The summed E-state index contributed by atoms with van der Waals surface area (Å²) in [7, 11) is 1.06. The minimum Gasteiger partial charge on any atom is -0.756 e. The Bertz CT molecular complexity index is 359. The Labute approximate surface area is 120 Å². The number of phosphoric acid groups is 1. The summed E-state index contributed by atoms with van der Waals surface area (Å²) in [6, 6.07) is -0.0838. The van der Waals surface area contributed by atoms with Crippen LogP contribution in [0.15, 0.2) is 12.7 Å². The molecule has 118 valence electrons. The van der Waals surface area contributed by atoms with Crippen molar-refractivity contribution in [3.8, 4) is 0 Å². The lowest BCUT2D eigenvalue weighted by atomic mass is 10.1. The number of esters is 1. The van der Waals surface area contributed by atoms with Crippen LogP contribution in [0, 0.1) is 0 Å². The van der Waals surface area contributed by atoms with Gasteiger partial charge in [0.05, 0.1) is 27.7 Å². The molecular weight excluding hydrogens is 285 g/mol. The molecule has 0 aromatic rings. The van der Waals surface area contributed by atoms with E-state index in [1.54, 1.807) is 0 Å². The molecule has 0 aromatic heterocycles. The number of rotatable bonds is 10. The summed E-state index contributed by atoms with van der Waals surface area (Å²) < 4.78 is 20.5. The summed E-state index contributed by atoms with van der Waals surface area (Å²) in [5.74, 6) is -0.455. The van der Waals surface area contributed by atoms with Gasteiger partial charge in [0, 0.05) is 12.5 Å². The first kappa shape index (κ1) is 19.3. The Morgan fingerprint density at radius 1 is 1.45 bits per heavy atom. The molecule has 20 heavy (non-hydrogen) atoms. The summed E-state index contributed by atoms with van der Waals surface area (Å²) in [6.07, 6.45) is 3.22. The molecule has 2 unspecified atom stereocenters. The van der Waals surface area contributed by atoms with E-state index in [1.165, 1.54) is 0 Å². The largest absolute Gasteiger partial charge is 0.756 e. The molecule has 2 atom stereocenters. The summed E-state index contributed by atoms with van der Waals surface area (Å²) in [6.45, 7) is 3.52. The molecule has 0 heterocycles. The number of ether oxygens (including phenoxy) is 1. The van der Waals surface area contributed by atoms with E-state index in [-0.39, 0.29) is 12.6 Å². The van der Waals surface area contributed by atoms with E-state index in [0.29, 0.717) is 23.9 Å². The average molecular weight is 309 g/mol. The Kier molecular flexibility index (Phi) is 8.23. The SMILES string of the molecule is C=CC(=O)OCCCCC(COP(=O)([O-])O)[N+](C)(C)C. The molecule has 0 aromatic carbocycles. The van der Waals surface area contributed by atoms with Crippen molar-refractivity contribution < 1.29 is 32.9 Å². The zero-order valence-electron chi connectivity index (χ0n) is 12.3. The summed E-state index contributed by atoms with van der Waals surface area (Å²) in [4.78, 5) is 30.1. The molecule has 0 rings (SSSR count). The predicted octanol–water partition coefficient (Wildman–Crippen LogP) is 0.438. The van der Waals surface area contributed by atoms with Crippen LogP contribution in [0.4, 0.5) is 0 Å². The van der Waals surface area contributed by atoms with E-state index in [1.807, 2.05) is 21.1 Å². The normalized spacial score (nSPS) is 16.2. The van der Waals surface area contributed by atoms with Crippen molar-refractivity contribution in [3.05, 3.63) is 12.7 Å². The van der Waals surface area contributed by atoms with Crippen LogP contribution in [0.2, 0.25) is 0 Å². The zero-order chi connectivity index (χ0) is 15.8. The molecule has 0 aliphatic carbocycles.